The topological polar surface area (TPSA) is 59.4 Å². The number of rotatable bonds is 5. The average Bonchev–Trinajstić information content (AvgIpc) is 2.81. The Bertz CT molecular complexity index is 646. The number of hydrogen-bond acceptors (Lipinski definition) is 4. The third-order valence-electron chi connectivity index (χ3n) is 2.59. The number of benzene rings is 1. The first kappa shape index (κ1) is 14.3. The zero-order valence-corrected chi connectivity index (χ0v) is 12.1. The van der Waals surface area contributed by atoms with E-state index in [0.717, 1.165) is 27.9 Å². The maximum absolute atomic E-state index is 10.6. The lowest BCUT2D eigenvalue weighted by molar-refractivity contribution is -0.131. The molecule has 1 aromatic heterocycles. The number of aliphatic carboxylic acids is 1. The van der Waals surface area contributed by atoms with E-state index in [1.807, 2.05) is 37.4 Å². The molecule has 20 heavy (non-hydrogen) atoms. The number of aromatic nitrogens is 1. The van der Waals surface area contributed by atoms with E-state index in [-0.39, 0.29) is 0 Å². The minimum atomic E-state index is -0.979. The molecule has 0 amide bonds. The molecule has 5 heteroatoms. The molecule has 1 N–H and O–H groups in total. The van der Waals surface area contributed by atoms with Gasteiger partial charge in [-0.05, 0) is 32.1 Å². The second kappa shape index (κ2) is 6.34. The molecule has 1 heterocycles. The van der Waals surface area contributed by atoms with Gasteiger partial charge in [-0.2, -0.15) is 0 Å². The highest BCUT2D eigenvalue weighted by Crippen LogP contribution is 2.23. The number of aryl methyl sites for hydroxylation is 2. The van der Waals surface area contributed by atoms with Crippen molar-refractivity contribution < 1.29 is 14.6 Å². The van der Waals surface area contributed by atoms with E-state index in [4.69, 9.17) is 9.84 Å². The highest BCUT2D eigenvalue weighted by atomic mass is 32.1. The first-order valence-corrected chi connectivity index (χ1v) is 6.98. The molecule has 104 valence electrons. The fourth-order valence-electron chi connectivity index (χ4n) is 1.70. The summed E-state index contributed by atoms with van der Waals surface area (Å²) in [6, 6.07) is 5.67. The molecule has 0 saturated carbocycles. The normalized spacial score (nSPS) is 10.9. The molecular formula is C15H15NO3S. The minimum Gasteiger partial charge on any atom is -0.486 e. The predicted octanol–water partition coefficient (Wildman–Crippen LogP) is 3.44. The molecule has 4 nitrogen and oxygen atoms in total. The molecule has 0 aliphatic carbocycles. The van der Waals surface area contributed by atoms with Crippen molar-refractivity contribution >= 4 is 23.4 Å². The Kier molecular flexibility index (Phi) is 4.53. The van der Waals surface area contributed by atoms with Crippen LogP contribution in [0.5, 0.6) is 5.75 Å². The van der Waals surface area contributed by atoms with Crippen LogP contribution in [0.3, 0.4) is 0 Å². The second-order valence-electron chi connectivity index (χ2n) is 4.38. The minimum absolute atomic E-state index is 0.384. The smallest absolute Gasteiger partial charge is 0.328 e. The fourth-order valence-corrected chi connectivity index (χ4v) is 2.38. The number of hydrogen-bond donors (Lipinski definition) is 1. The van der Waals surface area contributed by atoms with Crippen LogP contribution < -0.4 is 4.74 Å². The summed E-state index contributed by atoms with van der Waals surface area (Å²) >= 11 is 1.55. The first-order chi connectivity index (χ1) is 9.54. The Labute approximate surface area is 121 Å². The van der Waals surface area contributed by atoms with Crippen molar-refractivity contribution in [1.29, 1.82) is 0 Å². The van der Waals surface area contributed by atoms with Gasteiger partial charge in [-0.1, -0.05) is 11.6 Å². The van der Waals surface area contributed by atoms with E-state index < -0.39 is 5.97 Å². The number of ether oxygens (including phenoxy) is 1. The van der Waals surface area contributed by atoms with Crippen LogP contribution in [-0.4, -0.2) is 16.1 Å². The molecule has 2 rings (SSSR count). The number of thiazole rings is 1. The van der Waals surface area contributed by atoms with Gasteiger partial charge in [0.2, 0.25) is 0 Å². The number of carbonyl (C=O) groups is 1. The fraction of sp³-hybridized carbons (Fsp3) is 0.200. The largest absolute Gasteiger partial charge is 0.486 e. The van der Waals surface area contributed by atoms with Gasteiger partial charge in [0.1, 0.15) is 17.4 Å². The van der Waals surface area contributed by atoms with Crippen molar-refractivity contribution in [3.63, 3.8) is 0 Å². The molecule has 0 aliphatic heterocycles. The van der Waals surface area contributed by atoms with Crippen LogP contribution in [0.4, 0.5) is 0 Å². The maximum Gasteiger partial charge on any atom is 0.328 e. The number of carboxylic acids is 1. The van der Waals surface area contributed by atoms with Crippen molar-refractivity contribution in [2.24, 2.45) is 0 Å². The predicted molar refractivity (Wildman–Crippen MR) is 79.0 cm³/mol. The highest BCUT2D eigenvalue weighted by molar-refractivity contribution is 7.09. The van der Waals surface area contributed by atoms with Gasteiger partial charge in [-0.25, -0.2) is 9.78 Å². The van der Waals surface area contributed by atoms with Crippen molar-refractivity contribution in [1.82, 2.24) is 4.98 Å². The first-order valence-electron chi connectivity index (χ1n) is 6.10. The standard InChI is InChI=1S/C15H15NO3S/c1-10-3-5-13(12(7-10)4-6-15(17)18)19-8-14-16-11(2)9-20-14/h3-7,9H,8H2,1-2H3,(H,17,18)/b6-4+. The molecule has 0 saturated heterocycles. The molecule has 0 atom stereocenters. The maximum atomic E-state index is 10.6. The number of nitrogens with zero attached hydrogens (tertiary/aromatic N) is 1. The Morgan fingerprint density at radius 1 is 1.45 bits per heavy atom. The van der Waals surface area contributed by atoms with E-state index in [1.54, 1.807) is 11.3 Å². The lowest BCUT2D eigenvalue weighted by Gasteiger charge is -2.08. The van der Waals surface area contributed by atoms with E-state index in [1.165, 1.54) is 6.08 Å². The van der Waals surface area contributed by atoms with Gasteiger partial charge in [0.05, 0.1) is 0 Å². The highest BCUT2D eigenvalue weighted by Gasteiger charge is 2.05. The Balaban J connectivity index is 2.15. The van der Waals surface area contributed by atoms with E-state index in [2.05, 4.69) is 4.98 Å². The summed E-state index contributed by atoms with van der Waals surface area (Å²) in [6.45, 7) is 4.27. The molecule has 0 fully saturated rings. The SMILES string of the molecule is Cc1ccc(OCc2nc(C)cs2)c(/C=C/C(=O)O)c1. The van der Waals surface area contributed by atoms with Crippen molar-refractivity contribution in [2.45, 2.75) is 20.5 Å². The third kappa shape index (κ3) is 3.93. The zero-order chi connectivity index (χ0) is 14.5. The summed E-state index contributed by atoms with van der Waals surface area (Å²) in [6.07, 6.45) is 2.65. The zero-order valence-electron chi connectivity index (χ0n) is 11.3. The van der Waals surface area contributed by atoms with Crippen LogP contribution in [0.1, 0.15) is 21.8 Å². The van der Waals surface area contributed by atoms with Gasteiger partial charge in [-0.3, -0.25) is 0 Å². The van der Waals surface area contributed by atoms with Crippen molar-refractivity contribution in [2.75, 3.05) is 0 Å². The van der Waals surface area contributed by atoms with Crippen molar-refractivity contribution in [3.05, 3.63) is 51.5 Å². The molecule has 0 unspecified atom stereocenters. The van der Waals surface area contributed by atoms with Gasteiger partial charge < -0.3 is 9.84 Å². The van der Waals surface area contributed by atoms with Gasteiger partial charge in [-0.15, -0.1) is 11.3 Å². The van der Waals surface area contributed by atoms with E-state index in [9.17, 15) is 4.79 Å². The summed E-state index contributed by atoms with van der Waals surface area (Å²) in [5.41, 5.74) is 2.77. The molecule has 0 radical (unpaired) electrons. The van der Waals surface area contributed by atoms with Crippen LogP contribution in [0.25, 0.3) is 6.08 Å². The van der Waals surface area contributed by atoms with Crippen LogP contribution in [0.2, 0.25) is 0 Å². The summed E-state index contributed by atoms with van der Waals surface area (Å²) in [4.78, 5) is 14.9. The second-order valence-corrected chi connectivity index (χ2v) is 5.33. The van der Waals surface area contributed by atoms with Crippen LogP contribution in [-0.2, 0) is 11.4 Å². The average molecular weight is 289 g/mol. The molecule has 2 aromatic rings. The van der Waals surface area contributed by atoms with Crippen molar-refractivity contribution in [3.8, 4) is 5.75 Å². The monoisotopic (exact) mass is 289 g/mol. The van der Waals surface area contributed by atoms with E-state index in [0.29, 0.717) is 12.4 Å². The molecule has 0 aliphatic rings. The summed E-state index contributed by atoms with van der Waals surface area (Å²) in [5.74, 6) is -0.325. The summed E-state index contributed by atoms with van der Waals surface area (Å²) in [7, 11) is 0. The van der Waals surface area contributed by atoms with Gasteiger partial charge >= 0.3 is 5.97 Å². The van der Waals surface area contributed by atoms with Gasteiger partial charge in [0.25, 0.3) is 0 Å². The quantitative estimate of drug-likeness (QED) is 0.857. The lowest BCUT2D eigenvalue weighted by Crippen LogP contribution is -1.97. The Hall–Kier alpha value is -2.14. The van der Waals surface area contributed by atoms with Gasteiger partial charge in [0.15, 0.2) is 0 Å². The third-order valence-corrected chi connectivity index (χ3v) is 3.53. The summed E-state index contributed by atoms with van der Waals surface area (Å²) < 4.78 is 5.73. The van der Waals surface area contributed by atoms with Gasteiger partial charge in [0, 0.05) is 22.7 Å². The van der Waals surface area contributed by atoms with E-state index >= 15 is 0 Å². The van der Waals surface area contributed by atoms with Crippen LogP contribution in [0, 0.1) is 13.8 Å². The molecule has 0 spiro atoms. The summed E-state index contributed by atoms with van der Waals surface area (Å²) in [5, 5.41) is 11.6. The molecule has 0 bridgehead atoms. The molecule has 1 aromatic carbocycles. The number of carboxylic acid groups (broad SMARTS) is 1. The Morgan fingerprint density at radius 2 is 2.25 bits per heavy atom. The Morgan fingerprint density at radius 3 is 2.90 bits per heavy atom. The lowest BCUT2D eigenvalue weighted by atomic mass is 10.1. The van der Waals surface area contributed by atoms with Crippen LogP contribution >= 0.6 is 11.3 Å². The molecular weight excluding hydrogens is 274 g/mol. The van der Waals surface area contributed by atoms with Crippen LogP contribution in [0.15, 0.2) is 29.7 Å².